The van der Waals surface area contributed by atoms with E-state index in [4.69, 9.17) is 9.47 Å². The number of carbonyl (C=O) groups is 1. The molecule has 1 heterocycles. The van der Waals surface area contributed by atoms with E-state index < -0.39 is 11.0 Å². The molecule has 26 heavy (non-hydrogen) atoms. The summed E-state index contributed by atoms with van der Waals surface area (Å²) in [5.41, 5.74) is 1.91. The molecule has 1 aliphatic rings. The minimum Gasteiger partial charge on any atom is -0.497 e. The molecule has 0 aromatic heterocycles. The molecular weight excluding hydrogens is 404 g/mol. The average molecular weight is 421 g/mol. The summed E-state index contributed by atoms with van der Waals surface area (Å²) in [5.74, 6) is 0.971. The summed E-state index contributed by atoms with van der Waals surface area (Å²) in [6.07, 6.45) is 0. The zero-order valence-corrected chi connectivity index (χ0v) is 15.9. The summed E-state index contributed by atoms with van der Waals surface area (Å²) in [4.78, 5) is 25.1. The molecule has 0 saturated carbocycles. The van der Waals surface area contributed by atoms with E-state index in [0.29, 0.717) is 22.6 Å². The highest BCUT2D eigenvalue weighted by Gasteiger charge is 2.40. The molecule has 0 spiro atoms. The number of rotatable bonds is 6. The zero-order chi connectivity index (χ0) is 18.8. The second-order valence-corrected chi connectivity index (χ2v) is 6.79. The van der Waals surface area contributed by atoms with Gasteiger partial charge in [0.05, 0.1) is 20.8 Å². The smallest absolute Gasteiger partial charge is 0.255 e. The molecule has 1 atom stereocenters. The highest BCUT2D eigenvalue weighted by molar-refractivity contribution is 9.10. The predicted octanol–water partition coefficient (Wildman–Crippen LogP) is 3.44. The van der Waals surface area contributed by atoms with Crippen LogP contribution in [0.1, 0.15) is 27.5 Å². The Morgan fingerprint density at radius 1 is 1.19 bits per heavy atom. The van der Waals surface area contributed by atoms with Gasteiger partial charge in [0.2, 0.25) is 6.54 Å². The van der Waals surface area contributed by atoms with Crippen LogP contribution in [0, 0.1) is 10.1 Å². The van der Waals surface area contributed by atoms with Gasteiger partial charge in [-0.05, 0) is 35.9 Å². The van der Waals surface area contributed by atoms with E-state index >= 15 is 0 Å². The molecule has 0 N–H and O–H groups in total. The summed E-state index contributed by atoms with van der Waals surface area (Å²) in [6, 6.07) is 9.89. The van der Waals surface area contributed by atoms with Gasteiger partial charge in [0, 0.05) is 26.6 Å². The summed E-state index contributed by atoms with van der Waals surface area (Å²) in [6.45, 7) is -0.148. The number of amides is 1. The van der Waals surface area contributed by atoms with Crippen LogP contribution in [0.3, 0.4) is 0 Å². The molecular formula is C18H17BrN2O5. The molecule has 136 valence electrons. The van der Waals surface area contributed by atoms with Crippen molar-refractivity contribution in [1.29, 1.82) is 0 Å². The molecule has 7 nitrogen and oxygen atoms in total. The number of methoxy groups -OCH3 is 2. The fourth-order valence-electron chi connectivity index (χ4n) is 3.15. The van der Waals surface area contributed by atoms with E-state index in [0.717, 1.165) is 10.0 Å². The van der Waals surface area contributed by atoms with Gasteiger partial charge in [-0.2, -0.15) is 0 Å². The third kappa shape index (κ3) is 3.37. The first-order valence-corrected chi connectivity index (χ1v) is 8.67. The third-order valence-corrected chi connectivity index (χ3v) is 4.89. The van der Waals surface area contributed by atoms with Crippen molar-refractivity contribution in [3.8, 4) is 11.5 Å². The van der Waals surface area contributed by atoms with E-state index in [1.165, 1.54) is 12.0 Å². The highest BCUT2D eigenvalue weighted by atomic mass is 79.9. The monoisotopic (exact) mass is 420 g/mol. The minimum atomic E-state index is -0.628. The van der Waals surface area contributed by atoms with Crippen LogP contribution in [0.15, 0.2) is 40.9 Å². The maximum atomic E-state index is 12.8. The van der Waals surface area contributed by atoms with Crippen molar-refractivity contribution in [2.45, 2.75) is 12.6 Å². The fourth-order valence-corrected chi connectivity index (χ4v) is 3.53. The minimum absolute atomic E-state index is 0.205. The van der Waals surface area contributed by atoms with Crippen molar-refractivity contribution >= 4 is 21.8 Å². The normalized spacial score (nSPS) is 15.7. The maximum Gasteiger partial charge on any atom is 0.255 e. The molecule has 0 fully saturated rings. The highest BCUT2D eigenvalue weighted by Crippen LogP contribution is 2.38. The Bertz CT molecular complexity index is 871. The summed E-state index contributed by atoms with van der Waals surface area (Å²) in [7, 11) is 3.09. The van der Waals surface area contributed by atoms with Crippen LogP contribution in [0.4, 0.5) is 0 Å². The van der Waals surface area contributed by atoms with Crippen molar-refractivity contribution in [2.24, 2.45) is 0 Å². The Morgan fingerprint density at radius 2 is 1.96 bits per heavy atom. The lowest BCUT2D eigenvalue weighted by atomic mass is 10.0. The maximum absolute atomic E-state index is 12.8. The Hall–Kier alpha value is -2.61. The predicted molar refractivity (Wildman–Crippen MR) is 98.2 cm³/mol. The number of nitro groups is 1. The number of ether oxygens (including phenoxy) is 2. The molecule has 0 bridgehead atoms. The van der Waals surface area contributed by atoms with Gasteiger partial charge in [-0.1, -0.05) is 15.9 Å². The van der Waals surface area contributed by atoms with Crippen molar-refractivity contribution in [3.05, 3.63) is 67.7 Å². The quantitative estimate of drug-likeness (QED) is 0.527. The average Bonchev–Trinajstić information content (AvgIpc) is 2.86. The van der Waals surface area contributed by atoms with Crippen LogP contribution in [0.25, 0.3) is 0 Å². The van der Waals surface area contributed by atoms with E-state index in [2.05, 4.69) is 15.9 Å². The van der Waals surface area contributed by atoms with Crippen LogP contribution in [-0.4, -0.2) is 36.5 Å². The largest absolute Gasteiger partial charge is 0.497 e. The van der Waals surface area contributed by atoms with Crippen LogP contribution in [-0.2, 0) is 6.54 Å². The second-order valence-electron chi connectivity index (χ2n) is 5.87. The molecule has 1 amide bonds. The molecule has 2 aromatic carbocycles. The molecule has 0 aliphatic carbocycles. The van der Waals surface area contributed by atoms with Crippen molar-refractivity contribution in [1.82, 2.24) is 4.90 Å². The van der Waals surface area contributed by atoms with Gasteiger partial charge in [-0.25, -0.2) is 0 Å². The number of hydrogen-bond donors (Lipinski definition) is 0. The lowest BCUT2D eigenvalue weighted by Crippen LogP contribution is -2.31. The van der Waals surface area contributed by atoms with Crippen molar-refractivity contribution in [3.63, 3.8) is 0 Å². The van der Waals surface area contributed by atoms with E-state index in [1.807, 2.05) is 0 Å². The van der Waals surface area contributed by atoms with Gasteiger partial charge in [0.1, 0.15) is 17.5 Å². The van der Waals surface area contributed by atoms with Crippen molar-refractivity contribution in [2.75, 3.05) is 20.8 Å². The summed E-state index contributed by atoms with van der Waals surface area (Å²) < 4.78 is 11.4. The third-order valence-electron chi connectivity index (χ3n) is 4.40. The van der Waals surface area contributed by atoms with Crippen LogP contribution in [0.2, 0.25) is 0 Å². The zero-order valence-electron chi connectivity index (χ0n) is 14.3. The lowest BCUT2D eigenvalue weighted by Gasteiger charge is -2.23. The molecule has 1 aliphatic heterocycles. The van der Waals surface area contributed by atoms with Gasteiger partial charge in [0.25, 0.3) is 5.91 Å². The molecule has 0 saturated heterocycles. The first kappa shape index (κ1) is 18.2. The molecule has 3 rings (SSSR count). The van der Waals surface area contributed by atoms with Gasteiger partial charge in [0.15, 0.2) is 0 Å². The van der Waals surface area contributed by atoms with Crippen LogP contribution in [0.5, 0.6) is 11.5 Å². The molecule has 1 unspecified atom stereocenters. The number of carbonyl (C=O) groups excluding carboxylic acids is 1. The number of nitrogens with zero attached hydrogens (tertiary/aromatic N) is 2. The molecule has 8 heteroatoms. The number of hydrogen-bond acceptors (Lipinski definition) is 5. The number of benzene rings is 2. The standard InChI is InChI=1S/C18H17BrN2O5/c1-25-13-5-3-11(17(8-13)26-2)9-20-16(10-21(23)24)15-7-12(19)4-6-14(15)18(20)22/h3-8,16H,9-10H2,1-2H3. The van der Waals surface area contributed by atoms with Crippen molar-refractivity contribution < 1.29 is 19.2 Å². The fraction of sp³-hybridized carbons (Fsp3) is 0.278. The van der Waals surface area contributed by atoms with Gasteiger partial charge in [-0.3, -0.25) is 14.9 Å². The van der Waals surface area contributed by atoms with E-state index in [9.17, 15) is 14.9 Å². The Morgan fingerprint density at radius 3 is 2.62 bits per heavy atom. The summed E-state index contributed by atoms with van der Waals surface area (Å²) in [5, 5.41) is 11.2. The Kier molecular flexibility index (Phi) is 5.13. The molecule has 0 radical (unpaired) electrons. The Balaban J connectivity index is 1.98. The first-order chi connectivity index (χ1) is 12.4. The van der Waals surface area contributed by atoms with Gasteiger partial charge < -0.3 is 14.4 Å². The molecule has 2 aromatic rings. The number of fused-ring (bicyclic) bond motifs is 1. The van der Waals surface area contributed by atoms with Crippen LogP contribution < -0.4 is 9.47 Å². The van der Waals surface area contributed by atoms with E-state index in [1.54, 1.807) is 43.5 Å². The second kappa shape index (κ2) is 7.33. The first-order valence-electron chi connectivity index (χ1n) is 7.87. The van der Waals surface area contributed by atoms with Gasteiger partial charge in [-0.15, -0.1) is 0 Å². The number of halogens is 1. The van der Waals surface area contributed by atoms with Crippen LogP contribution >= 0.6 is 15.9 Å². The SMILES string of the molecule is COc1ccc(CN2C(=O)c3ccc(Br)cc3C2C[N+](=O)[O-])c(OC)c1. The summed E-state index contributed by atoms with van der Waals surface area (Å²) >= 11 is 3.37. The van der Waals surface area contributed by atoms with Gasteiger partial charge >= 0.3 is 0 Å². The Labute approximate surface area is 158 Å². The van der Waals surface area contributed by atoms with E-state index in [-0.39, 0.29) is 19.0 Å². The lowest BCUT2D eigenvalue weighted by molar-refractivity contribution is -0.487. The topological polar surface area (TPSA) is 81.9 Å².